The lowest BCUT2D eigenvalue weighted by Crippen LogP contribution is -1.99. The third-order valence-electron chi connectivity index (χ3n) is 2.78. The van der Waals surface area contributed by atoms with Gasteiger partial charge in [-0.1, -0.05) is 13.0 Å². The van der Waals surface area contributed by atoms with E-state index >= 15 is 0 Å². The minimum atomic E-state index is 0.735. The number of hydrogen-bond acceptors (Lipinski definition) is 2. The Kier molecular flexibility index (Phi) is 3.30. The minimum Gasteiger partial charge on any atom is -0.467 e. The molecule has 16 heavy (non-hydrogen) atoms. The third-order valence-corrected chi connectivity index (χ3v) is 2.78. The van der Waals surface area contributed by atoms with Crippen LogP contribution in [-0.4, -0.2) is 0 Å². The smallest absolute Gasteiger partial charge is 0.122 e. The lowest BCUT2D eigenvalue weighted by atomic mass is 10.1. The first-order valence-electron chi connectivity index (χ1n) is 5.65. The van der Waals surface area contributed by atoms with Crippen molar-refractivity contribution in [3.05, 3.63) is 53.5 Å². The van der Waals surface area contributed by atoms with Gasteiger partial charge in [0.05, 0.1) is 12.8 Å². The van der Waals surface area contributed by atoms with Crippen molar-refractivity contribution in [2.24, 2.45) is 0 Å². The van der Waals surface area contributed by atoms with E-state index in [2.05, 4.69) is 37.4 Å². The lowest BCUT2D eigenvalue weighted by molar-refractivity contribution is 0.518. The van der Waals surface area contributed by atoms with Crippen LogP contribution < -0.4 is 5.32 Å². The number of hydrogen-bond donors (Lipinski definition) is 1. The first-order valence-corrected chi connectivity index (χ1v) is 5.65. The quantitative estimate of drug-likeness (QED) is 0.840. The molecule has 0 amide bonds. The Morgan fingerprint density at radius 1 is 1.25 bits per heavy atom. The largest absolute Gasteiger partial charge is 0.467 e. The van der Waals surface area contributed by atoms with Crippen molar-refractivity contribution in [3.8, 4) is 0 Å². The van der Waals surface area contributed by atoms with Gasteiger partial charge in [-0.2, -0.15) is 0 Å². The van der Waals surface area contributed by atoms with Crippen molar-refractivity contribution in [1.82, 2.24) is 0 Å². The van der Waals surface area contributed by atoms with E-state index in [0.717, 1.165) is 24.4 Å². The number of rotatable bonds is 4. The molecule has 0 bridgehead atoms. The second-order valence-corrected chi connectivity index (χ2v) is 3.93. The molecule has 1 heterocycles. The Labute approximate surface area is 96.3 Å². The zero-order valence-corrected chi connectivity index (χ0v) is 9.79. The maximum Gasteiger partial charge on any atom is 0.122 e. The third kappa shape index (κ3) is 2.45. The summed E-state index contributed by atoms with van der Waals surface area (Å²) in [6, 6.07) is 10.4. The molecule has 0 atom stereocenters. The summed E-state index contributed by atoms with van der Waals surface area (Å²) < 4.78 is 5.27. The standard InChI is InChI=1S/C14H17NO/c1-3-12-9-13(7-6-11(12)2)15-10-14-5-4-8-16-14/h4-9,15H,3,10H2,1-2H3. The van der Waals surface area contributed by atoms with Crippen molar-refractivity contribution in [2.75, 3.05) is 5.32 Å². The molecule has 0 aliphatic heterocycles. The van der Waals surface area contributed by atoms with Crippen LogP contribution in [0.5, 0.6) is 0 Å². The summed E-state index contributed by atoms with van der Waals surface area (Å²) in [4.78, 5) is 0. The molecule has 0 unspecified atom stereocenters. The van der Waals surface area contributed by atoms with E-state index in [1.54, 1.807) is 6.26 Å². The summed E-state index contributed by atoms with van der Waals surface area (Å²) in [5, 5.41) is 3.36. The molecule has 0 aliphatic carbocycles. The molecule has 84 valence electrons. The number of nitrogens with one attached hydrogen (secondary N) is 1. The number of aryl methyl sites for hydroxylation is 2. The molecule has 1 N–H and O–H groups in total. The van der Waals surface area contributed by atoms with Gasteiger partial charge in [-0.05, 0) is 48.7 Å². The van der Waals surface area contributed by atoms with E-state index in [0.29, 0.717) is 0 Å². The maximum atomic E-state index is 5.27. The van der Waals surface area contributed by atoms with Gasteiger partial charge in [0.1, 0.15) is 5.76 Å². The van der Waals surface area contributed by atoms with Gasteiger partial charge in [0, 0.05) is 5.69 Å². The molecule has 0 saturated heterocycles. The number of furan rings is 1. The molecule has 2 rings (SSSR count). The summed E-state index contributed by atoms with van der Waals surface area (Å²) >= 11 is 0. The molecule has 0 fully saturated rings. The average Bonchev–Trinajstić information content (AvgIpc) is 2.81. The maximum absolute atomic E-state index is 5.27. The molecule has 0 spiro atoms. The van der Waals surface area contributed by atoms with Gasteiger partial charge in [0.2, 0.25) is 0 Å². The van der Waals surface area contributed by atoms with Gasteiger partial charge in [-0.15, -0.1) is 0 Å². The molecule has 1 aromatic carbocycles. The normalized spacial score (nSPS) is 10.4. The number of anilines is 1. The van der Waals surface area contributed by atoms with Gasteiger partial charge in [-0.3, -0.25) is 0 Å². The molecular weight excluding hydrogens is 198 g/mol. The fraction of sp³-hybridized carbons (Fsp3) is 0.286. The molecule has 0 aliphatic rings. The van der Waals surface area contributed by atoms with Crippen LogP contribution in [0.3, 0.4) is 0 Å². The zero-order chi connectivity index (χ0) is 11.4. The second-order valence-electron chi connectivity index (χ2n) is 3.93. The molecule has 2 aromatic rings. The van der Waals surface area contributed by atoms with Crippen molar-refractivity contribution < 1.29 is 4.42 Å². The predicted molar refractivity (Wildman–Crippen MR) is 66.6 cm³/mol. The Bertz CT molecular complexity index is 446. The Hall–Kier alpha value is -1.70. The predicted octanol–water partition coefficient (Wildman–Crippen LogP) is 3.76. The van der Waals surface area contributed by atoms with Crippen molar-refractivity contribution in [3.63, 3.8) is 0 Å². The van der Waals surface area contributed by atoms with Crippen LogP contribution in [0.25, 0.3) is 0 Å². The van der Waals surface area contributed by atoms with Crippen LogP contribution in [0.1, 0.15) is 23.8 Å². The zero-order valence-electron chi connectivity index (χ0n) is 9.79. The van der Waals surface area contributed by atoms with E-state index in [9.17, 15) is 0 Å². The highest BCUT2D eigenvalue weighted by Crippen LogP contribution is 2.16. The molecule has 1 aromatic heterocycles. The molecular formula is C14H17NO. The van der Waals surface area contributed by atoms with E-state index in [1.807, 2.05) is 12.1 Å². The molecule has 0 saturated carbocycles. The highest BCUT2D eigenvalue weighted by molar-refractivity contribution is 5.48. The van der Waals surface area contributed by atoms with Crippen LogP contribution in [-0.2, 0) is 13.0 Å². The topological polar surface area (TPSA) is 25.2 Å². The van der Waals surface area contributed by atoms with Gasteiger partial charge < -0.3 is 9.73 Å². The Balaban J connectivity index is 2.04. The van der Waals surface area contributed by atoms with Gasteiger partial charge in [-0.25, -0.2) is 0 Å². The van der Waals surface area contributed by atoms with Crippen LogP contribution in [0.15, 0.2) is 41.0 Å². The highest BCUT2D eigenvalue weighted by Gasteiger charge is 1.99. The summed E-state index contributed by atoms with van der Waals surface area (Å²) in [7, 11) is 0. The minimum absolute atomic E-state index is 0.735. The first-order chi connectivity index (χ1) is 7.79. The number of benzene rings is 1. The van der Waals surface area contributed by atoms with E-state index < -0.39 is 0 Å². The van der Waals surface area contributed by atoms with Crippen molar-refractivity contribution in [1.29, 1.82) is 0 Å². The van der Waals surface area contributed by atoms with Crippen LogP contribution >= 0.6 is 0 Å². The summed E-state index contributed by atoms with van der Waals surface area (Å²) in [5.74, 6) is 0.957. The van der Waals surface area contributed by atoms with Crippen molar-refractivity contribution in [2.45, 2.75) is 26.8 Å². The van der Waals surface area contributed by atoms with E-state index in [4.69, 9.17) is 4.42 Å². The fourth-order valence-electron chi connectivity index (χ4n) is 1.76. The van der Waals surface area contributed by atoms with Crippen LogP contribution in [0.2, 0.25) is 0 Å². The van der Waals surface area contributed by atoms with Crippen LogP contribution in [0.4, 0.5) is 5.69 Å². The SMILES string of the molecule is CCc1cc(NCc2ccco2)ccc1C. The summed E-state index contributed by atoms with van der Waals surface area (Å²) in [5.41, 5.74) is 3.90. The fourth-order valence-corrected chi connectivity index (χ4v) is 1.76. The van der Waals surface area contributed by atoms with Gasteiger partial charge in [0.15, 0.2) is 0 Å². The van der Waals surface area contributed by atoms with Gasteiger partial charge >= 0.3 is 0 Å². The highest BCUT2D eigenvalue weighted by atomic mass is 16.3. The van der Waals surface area contributed by atoms with Crippen molar-refractivity contribution >= 4 is 5.69 Å². The van der Waals surface area contributed by atoms with E-state index in [1.165, 1.54) is 11.1 Å². The van der Waals surface area contributed by atoms with Crippen LogP contribution in [0, 0.1) is 6.92 Å². The first kappa shape index (κ1) is 10.8. The monoisotopic (exact) mass is 215 g/mol. The lowest BCUT2D eigenvalue weighted by Gasteiger charge is -2.08. The summed E-state index contributed by atoms with van der Waals surface area (Å²) in [6.45, 7) is 5.06. The van der Waals surface area contributed by atoms with Gasteiger partial charge in [0.25, 0.3) is 0 Å². The Morgan fingerprint density at radius 2 is 2.12 bits per heavy atom. The molecule has 0 radical (unpaired) electrons. The molecule has 2 heteroatoms. The summed E-state index contributed by atoms with van der Waals surface area (Å²) in [6.07, 6.45) is 2.77. The molecule has 2 nitrogen and oxygen atoms in total. The average molecular weight is 215 g/mol. The second kappa shape index (κ2) is 4.88. The van der Waals surface area contributed by atoms with E-state index in [-0.39, 0.29) is 0 Å². The Morgan fingerprint density at radius 3 is 2.81 bits per heavy atom.